The topological polar surface area (TPSA) is 58.2 Å². The molecule has 104 valence electrons. The van der Waals surface area contributed by atoms with Gasteiger partial charge in [0.15, 0.2) is 0 Å². The second-order valence-corrected chi connectivity index (χ2v) is 5.07. The molecule has 19 heavy (non-hydrogen) atoms. The molecule has 1 atom stereocenters. The molecule has 1 aromatic rings. The number of benzene rings is 1. The Morgan fingerprint density at radius 3 is 2.32 bits per heavy atom. The summed E-state index contributed by atoms with van der Waals surface area (Å²) in [5, 5.41) is 5.68. The van der Waals surface area contributed by atoms with E-state index in [-0.39, 0.29) is 24.3 Å². The van der Waals surface area contributed by atoms with E-state index in [1.54, 1.807) is 0 Å². The molecule has 2 N–H and O–H groups in total. The molecule has 0 saturated heterocycles. The van der Waals surface area contributed by atoms with E-state index in [2.05, 4.69) is 10.6 Å². The summed E-state index contributed by atoms with van der Waals surface area (Å²) < 4.78 is 0. The van der Waals surface area contributed by atoms with Crippen LogP contribution in [0.1, 0.15) is 38.8 Å². The molecule has 0 heterocycles. The van der Waals surface area contributed by atoms with Crippen LogP contribution in [0, 0.1) is 5.92 Å². The van der Waals surface area contributed by atoms with Crippen molar-refractivity contribution in [1.29, 1.82) is 0 Å². The van der Waals surface area contributed by atoms with E-state index in [1.807, 2.05) is 44.2 Å². The summed E-state index contributed by atoms with van der Waals surface area (Å²) in [6.07, 6.45) is 0.260. The summed E-state index contributed by atoms with van der Waals surface area (Å²) in [4.78, 5) is 23.1. The lowest BCUT2D eigenvalue weighted by molar-refractivity contribution is -0.122. The smallest absolute Gasteiger partial charge is 0.222 e. The van der Waals surface area contributed by atoms with E-state index in [9.17, 15) is 9.59 Å². The molecule has 0 fully saturated rings. The van der Waals surface area contributed by atoms with Crippen molar-refractivity contribution in [3.05, 3.63) is 35.9 Å². The van der Waals surface area contributed by atoms with Gasteiger partial charge in [0.1, 0.15) is 0 Å². The minimum Gasteiger partial charge on any atom is -0.356 e. The Hall–Kier alpha value is -1.84. The highest BCUT2D eigenvalue weighted by molar-refractivity contribution is 5.79. The molecule has 2 amide bonds. The zero-order valence-electron chi connectivity index (χ0n) is 11.8. The van der Waals surface area contributed by atoms with Crippen molar-refractivity contribution in [1.82, 2.24) is 10.6 Å². The summed E-state index contributed by atoms with van der Waals surface area (Å²) in [6.45, 7) is 6.20. The molecule has 0 aliphatic rings. The molecular weight excluding hydrogens is 240 g/mol. The molecule has 0 aliphatic heterocycles. The van der Waals surface area contributed by atoms with Gasteiger partial charge in [-0.1, -0.05) is 44.2 Å². The first-order valence-corrected chi connectivity index (χ1v) is 6.57. The summed E-state index contributed by atoms with van der Waals surface area (Å²) >= 11 is 0. The average Bonchev–Trinajstić information content (AvgIpc) is 2.36. The van der Waals surface area contributed by atoms with Crippen molar-refractivity contribution in [2.75, 3.05) is 6.54 Å². The van der Waals surface area contributed by atoms with Crippen LogP contribution in [0.2, 0.25) is 0 Å². The molecule has 0 aromatic heterocycles. The molecule has 0 spiro atoms. The van der Waals surface area contributed by atoms with Gasteiger partial charge in [-0.2, -0.15) is 0 Å². The fourth-order valence-electron chi connectivity index (χ4n) is 1.76. The van der Waals surface area contributed by atoms with Gasteiger partial charge < -0.3 is 10.6 Å². The molecule has 4 heteroatoms. The van der Waals surface area contributed by atoms with Crippen molar-refractivity contribution in [2.24, 2.45) is 5.92 Å². The lowest BCUT2D eigenvalue weighted by Gasteiger charge is -2.18. The second kappa shape index (κ2) is 7.56. The average molecular weight is 262 g/mol. The van der Waals surface area contributed by atoms with E-state index in [0.29, 0.717) is 12.5 Å². The highest BCUT2D eigenvalue weighted by Gasteiger charge is 2.16. The van der Waals surface area contributed by atoms with E-state index in [1.165, 1.54) is 6.92 Å². The summed E-state index contributed by atoms with van der Waals surface area (Å²) in [6, 6.07) is 9.26. The SMILES string of the molecule is CC(=O)NC(CC(=O)NCC(C)C)c1ccccc1. The summed E-state index contributed by atoms with van der Waals surface area (Å²) in [5.41, 5.74) is 0.942. The molecule has 1 unspecified atom stereocenters. The van der Waals surface area contributed by atoms with Crippen molar-refractivity contribution < 1.29 is 9.59 Å². The van der Waals surface area contributed by atoms with Gasteiger partial charge in [-0.25, -0.2) is 0 Å². The minimum atomic E-state index is -0.272. The quantitative estimate of drug-likeness (QED) is 0.824. The van der Waals surface area contributed by atoms with Crippen LogP contribution in [-0.4, -0.2) is 18.4 Å². The molecular formula is C15H22N2O2. The highest BCUT2D eigenvalue weighted by Crippen LogP contribution is 2.16. The van der Waals surface area contributed by atoms with Crippen LogP contribution in [-0.2, 0) is 9.59 Å². The van der Waals surface area contributed by atoms with E-state index in [4.69, 9.17) is 0 Å². The Morgan fingerprint density at radius 2 is 1.79 bits per heavy atom. The normalized spacial score (nSPS) is 12.0. The first kappa shape index (κ1) is 15.2. The van der Waals surface area contributed by atoms with Gasteiger partial charge in [-0.05, 0) is 11.5 Å². The van der Waals surface area contributed by atoms with Crippen molar-refractivity contribution in [3.8, 4) is 0 Å². The highest BCUT2D eigenvalue weighted by atomic mass is 16.2. The zero-order valence-corrected chi connectivity index (χ0v) is 11.8. The Labute approximate surface area is 114 Å². The standard InChI is InChI=1S/C15H22N2O2/c1-11(2)10-16-15(19)9-14(17-12(3)18)13-7-5-4-6-8-13/h4-8,11,14H,9-10H2,1-3H3,(H,16,19)(H,17,18). The predicted octanol–water partition coefficient (Wildman–Crippen LogP) is 2.03. The summed E-state index contributed by atoms with van der Waals surface area (Å²) in [5.74, 6) is 0.238. The molecule has 1 aromatic carbocycles. The van der Waals surface area contributed by atoms with Gasteiger partial charge in [0.05, 0.1) is 12.5 Å². The lowest BCUT2D eigenvalue weighted by Crippen LogP contribution is -2.34. The van der Waals surface area contributed by atoms with Crippen LogP contribution < -0.4 is 10.6 Å². The maximum atomic E-state index is 11.9. The maximum Gasteiger partial charge on any atom is 0.222 e. The first-order chi connectivity index (χ1) is 8.99. The van der Waals surface area contributed by atoms with Crippen LogP contribution >= 0.6 is 0 Å². The number of rotatable bonds is 6. The minimum absolute atomic E-state index is 0.0451. The molecule has 0 radical (unpaired) electrons. The van der Waals surface area contributed by atoms with E-state index >= 15 is 0 Å². The van der Waals surface area contributed by atoms with Crippen molar-refractivity contribution in [2.45, 2.75) is 33.2 Å². The Balaban J connectivity index is 2.65. The van der Waals surface area contributed by atoms with Crippen molar-refractivity contribution in [3.63, 3.8) is 0 Å². The van der Waals surface area contributed by atoms with Crippen LogP contribution in [0.4, 0.5) is 0 Å². The number of hydrogen-bond acceptors (Lipinski definition) is 2. The number of carbonyl (C=O) groups is 2. The molecule has 0 saturated carbocycles. The number of hydrogen-bond donors (Lipinski definition) is 2. The number of amides is 2. The fourth-order valence-corrected chi connectivity index (χ4v) is 1.76. The van der Waals surface area contributed by atoms with Gasteiger partial charge in [-0.15, -0.1) is 0 Å². The van der Waals surface area contributed by atoms with Crippen LogP contribution in [0.5, 0.6) is 0 Å². The van der Waals surface area contributed by atoms with Crippen LogP contribution in [0.3, 0.4) is 0 Å². The summed E-state index contributed by atoms with van der Waals surface area (Å²) in [7, 11) is 0. The molecule has 0 aliphatic carbocycles. The zero-order chi connectivity index (χ0) is 14.3. The van der Waals surface area contributed by atoms with Gasteiger partial charge in [0.2, 0.25) is 11.8 Å². The van der Waals surface area contributed by atoms with Gasteiger partial charge in [0, 0.05) is 13.5 Å². The monoisotopic (exact) mass is 262 g/mol. The van der Waals surface area contributed by atoms with E-state index in [0.717, 1.165) is 5.56 Å². The van der Waals surface area contributed by atoms with Gasteiger partial charge >= 0.3 is 0 Å². The lowest BCUT2D eigenvalue weighted by atomic mass is 10.0. The molecule has 0 bridgehead atoms. The number of nitrogens with one attached hydrogen (secondary N) is 2. The van der Waals surface area contributed by atoms with Crippen LogP contribution in [0.15, 0.2) is 30.3 Å². The van der Waals surface area contributed by atoms with Gasteiger partial charge in [-0.3, -0.25) is 9.59 Å². The van der Waals surface area contributed by atoms with Gasteiger partial charge in [0.25, 0.3) is 0 Å². The molecule has 4 nitrogen and oxygen atoms in total. The molecule has 1 rings (SSSR count). The maximum absolute atomic E-state index is 11.9. The largest absolute Gasteiger partial charge is 0.356 e. The fraction of sp³-hybridized carbons (Fsp3) is 0.467. The third-order valence-corrected chi connectivity index (χ3v) is 2.68. The Morgan fingerprint density at radius 1 is 1.16 bits per heavy atom. The van der Waals surface area contributed by atoms with E-state index < -0.39 is 0 Å². The third kappa shape index (κ3) is 6.04. The first-order valence-electron chi connectivity index (χ1n) is 6.57. The predicted molar refractivity (Wildman–Crippen MR) is 75.5 cm³/mol. The van der Waals surface area contributed by atoms with Crippen LogP contribution in [0.25, 0.3) is 0 Å². The second-order valence-electron chi connectivity index (χ2n) is 5.07. The number of carbonyl (C=O) groups excluding carboxylic acids is 2. The van der Waals surface area contributed by atoms with Crippen molar-refractivity contribution >= 4 is 11.8 Å². The Bertz CT molecular complexity index is 415. The Kier molecular flexibility index (Phi) is 6.06. The third-order valence-electron chi connectivity index (χ3n) is 2.68.